The summed E-state index contributed by atoms with van der Waals surface area (Å²) in [4.78, 5) is 19.4. The Labute approximate surface area is 135 Å². The SMILES string of the molecule is Cc1ccccc1CN1CCN(c2ncccc2[N+](=O)[O-])CC1. The van der Waals surface area contributed by atoms with Gasteiger partial charge in [-0.25, -0.2) is 4.98 Å². The molecule has 0 spiro atoms. The largest absolute Gasteiger partial charge is 0.348 e. The van der Waals surface area contributed by atoms with Crippen molar-refractivity contribution in [2.75, 3.05) is 31.1 Å². The topological polar surface area (TPSA) is 62.5 Å². The molecule has 0 unspecified atom stereocenters. The van der Waals surface area contributed by atoms with Gasteiger partial charge in [-0.15, -0.1) is 0 Å². The number of nitro groups is 1. The summed E-state index contributed by atoms with van der Waals surface area (Å²) in [7, 11) is 0. The van der Waals surface area contributed by atoms with Crippen molar-refractivity contribution in [3.8, 4) is 0 Å². The van der Waals surface area contributed by atoms with E-state index in [1.807, 2.05) is 4.90 Å². The zero-order chi connectivity index (χ0) is 16.2. The first-order chi connectivity index (χ1) is 11.1. The highest BCUT2D eigenvalue weighted by atomic mass is 16.6. The smallest absolute Gasteiger partial charge is 0.311 e. The van der Waals surface area contributed by atoms with Crippen LogP contribution in [0.5, 0.6) is 0 Å². The summed E-state index contributed by atoms with van der Waals surface area (Å²) >= 11 is 0. The Kier molecular flexibility index (Phi) is 4.52. The monoisotopic (exact) mass is 312 g/mol. The van der Waals surface area contributed by atoms with Crippen LogP contribution in [0, 0.1) is 17.0 Å². The third kappa shape index (κ3) is 3.48. The van der Waals surface area contributed by atoms with E-state index >= 15 is 0 Å². The van der Waals surface area contributed by atoms with E-state index < -0.39 is 0 Å². The number of piperazine rings is 1. The highest BCUT2D eigenvalue weighted by Gasteiger charge is 2.24. The summed E-state index contributed by atoms with van der Waals surface area (Å²) in [5.74, 6) is 0.480. The number of benzene rings is 1. The summed E-state index contributed by atoms with van der Waals surface area (Å²) in [6, 6.07) is 11.5. The van der Waals surface area contributed by atoms with E-state index in [0.717, 1.165) is 32.7 Å². The minimum atomic E-state index is -0.359. The number of aromatic nitrogens is 1. The molecule has 0 N–H and O–H groups in total. The Hall–Kier alpha value is -2.47. The van der Waals surface area contributed by atoms with E-state index in [-0.39, 0.29) is 10.6 Å². The molecule has 1 aromatic carbocycles. The van der Waals surface area contributed by atoms with Gasteiger partial charge in [0.1, 0.15) is 0 Å². The van der Waals surface area contributed by atoms with Crippen molar-refractivity contribution in [3.63, 3.8) is 0 Å². The molecule has 0 aliphatic carbocycles. The molecule has 1 aliphatic heterocycles. The number of pyridine rings is 1. The zero-order valence-electron chi connectivity index (χ0n) is 13.2. The first-order valence-electron chi connectivity index (χ1n) is 7.76. The maximum absolute atomic E-state index is 11.1. The third-order valence-electron chi connectivity index (χ3n) is 4.29. The quantitative estimate of drug-likeness (QED) is 0.641. The van der Waals surface area contributed by atoms with Gasteiger partial charge in [-0.05, 0) is 24.1 Å². The highest BCUT2D eigenvalue weighted by Crippen LogP contribution is 2.26. The van der Waals surface area contributed by atoms with E-state index in [9.17, 15) is 10.1 Å². The van der Waals surface area contributed by atoms with Crippen molar-refractivity contribution in [2.45, 2.75) is 13.5 Å². The van der Waals surface area contributed by atoms with Crippen LogP contribution in [0.25, 0.3) is 0 Å². The Morgan fingerprint density at radius 2 is 1.87 bits per heavy atom. The summed E-state index contributed by atoms with van der Waals surface area (Å²) in [6.45, 7) is 6.31. The van der Waals surface area contributed by atoms with Crippen molar-refractivity contribution >= 4 is 11.5 Å². The fourth-order valence-electron chi connectivity index (χ4n) is 2.92. The van der Waals surface area contributed by atoms with Crippen molar-refractivity contribution in [2.24, 2.45) is 0 Å². The molecule has 0 bridgehead atoms. The van der Waals surface area contributed by atoms with Gasteiger partial charge in [0.2, 0.25) is 5.82 Å². The van der Waals surface area contributed by atoms with Gasteiger partial charge >= 0.3 is 5.69 Å². The van der Waals surface area contributed by atoms with Gasteiger partial charge in [-0.3, -0.25) is 15.0 Å². The molecular weight excluding hydrogens is 292 g/mol. The Morgan fingerprint density at radius 3 is 2.57 bits per heavy atom. The van der Waals surface area contributed by atoms with Crippen LogP contribution in [0.2, 0.25) is 0 Å². The number of anilines is 1. The van der Waals surface area contributed by atoms with Crippen LogP contribution >= 0.6 is 0 Å². The molecule has 1 fully saturated rings. The van der Waals surface area contributed by atoms with Crippen LogP contribution in [0.15, 0.2) is 42.6 Å². The second-order valence-corrected chi connectivity index (χ2v) is 5.79. The van der Waals surface area contributed by atoms with E-state index in [4.69, 9.17) is 0 Å². The van der Waals surface area contributed by atoms with Crippen molar-refractivity contribution in [1.29, 1.82) is 0 Å². The van der Waals surface area contributed by atoms with E-state index in [1.165, 1.54) is 17.2 Å². The molecule has 0 radical (unpaired) electrons. The molecule has 6 nitrogen and oxygen atoms in total. The average molecular weight is 312 g/mol. The minimum absolute atomic E-state index is 0.0832. The normalized spacial score (nSPS) is 15.6. The molecule has 23 heavy (non-hydrogen) atoms. The second-order valence-electron chi connectivity index (χ2n) is 5.79. The third-order valence-corrected chi connectivity index (χ3v) is 4.29. The summed E-state index contributed by atoms with van der Waals surface area (Å²) in [5, 5.41) is 11.1. The Morgan fingerprint density at radius 1 is 1.13 bits per heavy atom. The predicted octanol–water partition coefficient (Wildman–Crippen LogP) is 2.62. The zero-order valence-corrected chi connectivity index (χ0v) is 13.2. The van der Waals surface area contributed by atoms with Crippen LogP contribution < -0.4 is 4.90 Å². The second kappa shape index (κ2) is 6.75. The molecule has 2 aromatic rings. The molecule has 2 heterocycles. The van der Waals surface area contributed by atoms with E-state index in [2.05, 4.69) is 41.1 Å². The maximum atomic E-state index is 11.1. The Balaban J connectivity index is 1.65. The lowest BCUT2D eigenvalue weighted by molar-refractivity contribution is -0.384. The molecule has 1 aromatic heterocycles. The lowest BCUT2D eigenvalue weighted by Crippen LogP contribution is -2.46. The highest BCUT2D eigenvalue weighted by molar-refractivity contribution is 5.57. The molecular formula is C17H20N4O2. The van der Waals surface area contributed by atoms with Gasteiger partial charge in [-0.2, -0.15) is 0 Å². The summed E-state index contributed by atoms with van der Waals surface area (Å²) < 4.78 is 0. The summed E-state index contributed by atoms with van der Waals surface area (Å²) in [5.41, 5.74) is 2.72. The Bertz CT molecular complexity index is 696. The molecule has 0 amide bonds. The molecule has 0 saturated carbocycles. The number of nitrogens with zero attached hydrogens (tertiary/aromatic N) is 4. The number of hydrogen-bond donors (Lipinski definition) is 0. The van der Waals surface area contributed by atoms with Gasteiger partial charge < -0.3 is 4.90 Å². The lowest BCUT2D eigenvalue weighted by Gasteiger charge is -2.35. The van der Waals surface area contributed by atoms with Crippen LogP contribution in [-0.4, -0.2) is 41.0 Å². The van der Waals surface area contributed by atoms with Gasteiger partial charge in [0, 0.05) is 45.0 Å². The number of aryl methyl sites for hydroxylation is 1. The van der Waals surface area contributed by atoms with Crippen molar-refractivity contribution in [1.82, 2.24) is 9.88 Å². The molecule has 0 atom stereocenters. The van der Waals surface area contributed by atoms with Crippen LogP contribution in [0.4, 0.5) is 11.5 Å². The van der Waals surface area contributed by atoms with Gasteiger partial charge in [0.15, 0.2) is 0 Å². The van der Waals surface area contributed by atoms with E-state index in [1.54, 1.807) is 12.3 Å². The number of hydrogen-bond acceptors (Lipinski definition) is 5. The van der Waals surface area contributed by atoms with Gasteiger partial charge in [0.25, 0.3) is 0 Å². The fourth-order valence-corrected chi connectivity index (χ4v) is 2.92. The molecule has 1 aliphatic rings. The average Bonchev–Trinajstić information content (AvgIpc) is 2.58. The lowest BCUT2D eigenvalue weighted by atomic mass is 10.1. The molecule has 6 heteroatoms. The first-order valence-corrected chi connectivity index (χ1v) is 7.76. The molecule has 1 saturated heterocycles. The van der Waals surface area contributed by atoms with Crippen LogP contribution in [0.3, 0.4) is 0 Å². The molecule has 3 rings (SSSR count). The first kappa shape index (κ1) is 15.4. The standard InChI is InChI=1S/C17H20N4O2/c1-14-5-2-3-6-15(14)13-19-9-11-20(12-10-19)17-16(21(22)23)7-4-8-18-17/h2-8H,9-13H2,1H3. The van der Waals surface area contributed by atoms with Gasteiger partial charge in [0.05, 0.1) is 4.92 Å². The summed E-state index contributed by atoms with van der Waals surface area (Å²) in [6.07, 6.45) is 1.61. The fraction of sp³-hybridized carbons (Fsp3) is 0.353. The van der Waals surface area contributed by atoms with E-state index in [0.29, 0.717) is 5.82 Å². The van der Waals surface area contributed by atoms with Gasteiger partial charge in [-0.1, -0.05) is 24.3 Å². The van der Waals surface area contributed by atoms with Crippen molar-refractivity contribution in [3.05, 3.63) is 63.8 Å². The maximum Gasteiger partial charge on any atom is 0.311 e. The van der Waals surface area contributed by atoms with Crippen LogP contribution in [0.1, 0.15) is 11.1 Å². The van der Waals surface area contributed by atoms with Crippen molar-refractivity contribution < 1.29 is 4.92 Å². The molecule has 120 valence electrons. The number of rotatable bonds is 4. The minimum Gasteiger partial charge on any atom is -0.348 e. The predicted molar refractivity (Wildman–Crippen MR) is 89.6 cm³/mol. The van der Waals surface area contributed by atoms with Crippen LogP contribution in [-0.2, 0) is 6.54 Å².